The molecule has 1 aromatic rings. The number of hydrogen-bond donors (Lipinski definition) is 1. The van der Waals surface area contributed by atoms with E-state index < -0.39 is 0 Å². The Kier molecular flexibility index (Phi) is 6.06. The predicted molar refractivity (Wildman–Crippen MR) is 73.4 cm³/mol. The van der Waals surface area contributed by atoms with E-state index in [9.17, 15) is 0 Å². The lowest BCUT2D eigenvalue weighted by Crippen LogP contribution is -2.11. The molecule has 0 bridgehead atoms. The van der Waals surface area contributed by atoms with Crippen LogP contribution in [0.3, 0.4) is 0 Å². The smallest absolute Gasteiger partial charge is 0.123 e. The zero-order valence-corrected chi connectivity index (χ0v) is 11.3. The lowest BCUT2D eigenvalue weighted by Gasteiger charge is -2.16. The quantitative estimate of drug-likeness (QED) is 0.726. The van der Waals surface area contributed by atoms with Gasteiger partial charge in [0.2, 0.25) is 0 Å². The zero-order valence-electron chi connectivity index (χ0n) is 11.3. The van der Waals surface area contributed by atoms with Crippen LogP contribution in [-0.2, 0) is 0 Å². The van der Waals surface area contributed by atoms with Crippen LogP contribution in [0.2, 0.25) is 0 Å². The molecule has 0 aliphatic carbocycles. The zero-order chi connectivity index (χ0) is 12.7. The molecule has 2 N–H and O–H groups in total. The van der Waals surface area contributed by atoms with E-state index in [4.69, 9.17) is 10.5 Å². The van der Waals surface area contributed by atoms with Crippen molar-refractivity contribution in [3.63, 3.8) is 0 Å². The van der Waals surface area contributed by atoms with Crippen LogP contribution >= 0.6 is 0 Å². The van der Waals surface area contributed by atoms with Crippen molar-refractivity contribution in [2.75, 3.05) is 7.11 Å². The molecule has 0 aromatic heterocycles. The first-order valence-corrected chi connectivity index (χ1v) is 6.59. The molecule has 0 amide bonds. The molecule has 0 radical (unpaired) electrons. The summed E-state index contributed by atoms with van der Waals surface area (Å²) in [6.45, 7) is 4.32. The third-order valence-corrected chi connectivity index (χ3v) is 3.15. The number of hydrogen-bond acceptors (Lipinski definition) is 2. The SMILES string of the molecule is CCCCCCC(N)c1cc(C)ccc1OC. The van der Waals surface area contributed by atoms with Crippen LogP contribution in [0.15, 0.2) is 18.2 Å². The van der Waals surface area contributed by atoms with Gasteiger partial charge in [-0.15, -0.1) is 0 Å². The van der Waals surface area contributed by atoms with Crippen molar-refractivity contribution in [1.29, 1.82) is 0 Å². The summed E-state index contributed by atoms with van der Waals surface area (Å²) in [6, 6.07) is 6.31. The molecule has 0 heterocycles. The summed E-state index contributed by atoms with van der Waals surface area (Å²) in [5, 5.41) is 0. The second-order valence-electron chi connectivity index (χ2n) is 4.70. The van der Waals surface area contributed by atoms with Gasteiger partial charge in [-0.1, -0.05) is 50.3 Å². The maximum atomic E-state index is 6.24. The summed E-state index contributed by atoms with van der Waals surface area (Å²) in [5.41, 5.74) is 8.63. The maximum absolute atomic E-state index is 6.24. The summed E-state index contributed by atoms with van der Waals surface area (Å²) in [7, 11) is 1.71. The molecule has 0 saturated carbocycles. The van der Waals surface area contributed by atoms with Gasteiger partial charge < -0.3 is 10.5 Å². The summed E-state index contributed by atoms with van der Waals surface area (Å²) >= 11 is 0. The average Bonchev–Trinajstić information content (AvgIpc) is 2.34. The Labute approximate surface area is 105 Å². The van der Waals surface area contributed by atoms with E-state index in [0.29, 0.717) is 0 Å². The Hall–Kier alpha value is -1.02. The van der Waals surface area contributed by atoms with Gasteiger partial charge in [-0.25, -0.2) is 0 Å². The summed E-state index contributed by atoms with van der Waals surface area (Å²) in [6.07, 6.45) is 6.09. The molecular weight excluding hydrogens is 210 g/mol. The lowest BCUT2D eigenvalue weighted by atomic mass is 9.98. The Morgan fingerprint density at radius 2 is 2.00 bits per heavy atom. The summed E-state index contributed by atoms with van der Waals surface area (Å²) in [5.74, 6) is 0.915. The first-order chi connectivity index (χ1) is 8.19. The molecule has 0 aliphatic rings. The minimum absolute atomic E-state index is 0.0988. The van der Waals surface area contributed by atoms with Crippen molar-refractivity contribution in [1.82, 2.24) is 0 Å². The van der Waals surface area contributed by atoms with Crippen LogP contribution in [0.25, 0.3) is 0 Å². The van der Waals surface area contributed by atoms with Crippen LogP contribution in [-0.4, -0.2) is 7.11 Å². The van der Waals surface area contributed by atoms with Gasteiger partial charge in [-0.3, -0.25) is 0 Å². The highest BCUT2D eigenvalue weighted by atomic mass is 16.5. The number of nitrogens with two attached hydrogens (primary N) is 1. The van der Waals surface area contributed by atoms with E-state index in [1.54, 1.807) is 7.11 Å². The van der Waals surface area contributed by atoms with Gasteiger partial charge in [0.1, 0.15) is 5.75 Å². The highest BCUT2D eigenvalue weighted by Crippen LogP contribution is 2.28. The number of rotatable bonds is 7. The van der Waals surface area contributed by atoms with Gasteiger partial charge in [-0.05, 0) is 19.4 Å². The van der Waals surface area contributed by atoms with Gasteiger partial charge in [0.15, 0.2) is 0 Å². The minimum Gasteiger partial charge on any atom is -0.496 e. The molecular formula is C15H25NO. The molecule has 0 aliphatic heterocycles. The standard InChI is InChI=1S/C15H25NO/c1-4-5-6-7-8-14(16)13-11-12(2)9-10-15(13)17-3/h9-11,14H,4-8,16H2,1-3H3. The number of aryl methyl sites for hydroxylation is 1. The molecule has 1 unspecified atom stereocenters. The van der Waals surface area contributed by atoms with Crippen molar-refractivity contribution in [3.05, 3.63) is 29.3 Å². The number of ether oxygens (including phenoxy) is 1. The van der Waals surface area contributed by atoms with E-state index in [1.165, 1.54) is 31.2 Å². The van der Waals surface area contributed by atoms with E-state index >= 15 is 0 Å². The van der Waals surface area contributed by atoms with Crippen molar-refractivity contribution >= 4 is 0 Å². The third-order valence-electron chi connectivity index (χ3n) is 3.15. The fourth-order valence-electron chi connectivity index (χ4n) is 2.09. The van der Waals surface area contributed by atoms with E-state index in [0.717, 1.165) is 17.7 Å². The Morgan fingerprint density at radius 1 is 1.24 bits per heavy atom. The fraction of sp³-hybridized carbons (Fsp3) is 0.600. The molecule has 1 rings (SSSR count). The average molecular weight is 235 g/mol. The monoisotopic (exact) mass is 235 g/mol. The van der Waals surface area contributed by atoms with Gasteiger partial charge >= 0.3 is 0 Å². The van der Waals surface area contributed by atoms with Crippen LogP contribution in [0, 0.1) is 6.92 Å². The van der Waals surface area contributed by atoms with Gasteiger partial charge in [0, 0.05) is 11.6 Å². The first-order valence-electron chi connectivity index (χ1n) is 6.59. The van der Waals surface area contributed by atoms with Gasteiger partial charge in [-0.2, -0.15) is 0 Å². The normalized spacial score (nSPS) is 12.5. The molecule has 96 valence electrons. The van der Waals surface area contributed by atoms with E-state index in [-0.39, 0.29) is 6.04 Å². The van der Waals surface area contributed by atoms with Crippen LogP contribution < -0.4 is 10.5 Å². The molecule has 1 aromatic carbocycles. The number of benzene rings is 1. The van der Waals surface area contributed by atoms with Crippen molar-refractivity contribution < 1.29 is 4.74 Å². The molecule has 0 spiro atoms. The largest absolute Gasteiger partial charge is 0.496 e. The molecule has 0 fully saturated rings. The summed E-state index contributed by atoms with van der Waals surface area (Å²) < 4.78 is 5.37. The van der Waals surface area contributed by atoms with Crippen LogP contribution in [0.1, 0.15) is 56.2 Å². The Bertz CT molecular complexity index is 336. The number of unbranched alkanes of at least 4 members (excludes halogenated alkanes) is 3. The minimum atomic E-state index is 0.0988. The van der Waals surface area contributed by atoms with Crippen LogP contribution in [0.4, 0.5) is 0 Å². The van der Waals surface area contributed by atoms with Crippen molar-refractivity contribution in [3.8, 4) is 5.75 Å². The Balaban J connectivity index is 2.60. The van der Waals surface area contributed by atoms with E-state index in [1.807, 2.05) is 6.07 Å². The third kappa shape index (κ3) is 4.39. The van der Waals surface area contributed by atoms with Crippen molar-refractivity contribution in [2.45, 2.75) is 52.0 Å². The summed E-state index contributed by atoms with van der Waals surface area (Å²) in [4.78, 5) is 0. The highest BCUT2D eigenvalue weighted by molar-refractivity contribution is 5.38. The maximum Gasteiger partial charge on any atom is 0.123 e. The van der Waals surface area contributed by atoms with Crippen molar-refractivity contribution in [2.24, 2.45) is 5.73 Å². The second kappa shape index (κ2) is 7.33. The fourth-order valence-corrected chi connectivity index (χ4v) is 2.09. The predicted octanol–water partition coefficient (Wildman–Crippen LogP) is 3.97. The molecule has 1 atom stereocenters. The van der Waals surface area contributed by atoms with Crippen LogP contribution in [0.5, 0.6) is 5.75 Å². The first kappa shape index (κ1) is 14.0. The molecule has 0 saturated heterocycles. The second-order valence-corrected chi connectivity index (χ2v) is 4.70. The topological polar surface area (TPSA) is 35.2 Å². The molecule has 17 heavy (non-hydrogen) atoms. The highest BCUT2D eigenvalue weighted by Gasteiger charge is 2.11. The number of methoxy groups -OCH3 is 1. The Morgan fingerprint density at radius 3 is 2.65 bits per heavy atom. The van der Waals surface area contributed by atoms with Gasteiger partial charge in [0.05, 0.1) is 7.11 Å². The van der Waals surface area contributed by atoms with E-state index in [2.05, 4.69) is 26.0 Å². The molecule has 2 heteroatoms. The lowest BCUT2D eigenvalue weighted by molar-refractivity contribution is 0.403. The molecule has 2 nitrogen and oxygen atoms in total. The van der Waals surface area contributed by atoms with Gasteiger partial charge in [0.25, 0.3) is 0 Å².